The van der Waals surface area contributed by atoms with Crippen molar-refractivity contribution in [1.29, 1.82) is 0 Å². The average molecular weight is 574 g/mol. The van der Waals surface area contributed by atoms with Crippen molar-refractivity contribution in [3.63, 3.8) is 0 Å². The van der Waals surface area contributed by atoms with Crippen LogP contribution in [0.25, 0.3) is 0 Å². The number of amides is 1. The van der Waals surface area contributed by atoms with Gasteiger partial charge in [-0.3, -0.25) is 9.69 Å². The second-order valence-electron chi connectivity index (χ2n) is 10.4. The van der Waals surface area contributed by atoms with Gasteiger partial charge in [0.1, 0.15) is 17.4 Å². The monoisotopic (exact) mass is 573 g/mol. The number of piperazine rings is 1. The highest BCUT2D eigenvalue weighted by atomic mass is 19.1. The van der Waals surface area contributed by atoms with Gasteiger partial charge in [-0.05, 0) is 48.4 Å². The first-order valence-electron chi connectivity index (χ1n) is 13.9. The number of carbonyl (C=O) groups is 1. The van der Waals surface area contributed by atoms with E-state index in [2.05, 4.69) is 25.1 Å². The lowest BCUT2D eigenvalue weighted by atomic mass is 10.0. The Kier molecular flexibility index (Phi) is 9.28. The van der Waals surface area contributed by atoms with Crippen LogP contribution in [0.4, 0.5) is 10.2 Å². The van der Waals surface area contributed by atoms with E-state index in [-0.39, 0.29) is 36.0 Å². The summed E-state index contributed by atoms with van der Waals surface area (Å²) in [6.45, 7) is 5.03. The zero-order valence-corrected chi connectivity index (χ0v) is 24.1. The molecule has 1 N–H and O–H groups in total. The molecule has 1 aliphatic heterocycles. The molecule has 0 spiro atoms. The van der Waals surface area contributed by atoms with E-state index >= 15 is 0 Å². The molecule has 42 heavy (non-hydrogen) atoms. The molecule has 2 aromatic carbocycles. The fourth-order valence-corrected chi connectivity index (χ4v) is 5.26. The van der Waals surface area contributed by atoms with E-state index in [4.69, 9.17) is 14.5 Å². The smallest absolute Gasteiger partial charge is 0.222 e. The Morgan fingerprint density at radius 3 is 2.62 bits per heavy atom. The molecular formula is C31H36FN7O3. The Morgan fingerprint density at radius 2 is 1.90 bits per heavy atom. The van der Waals surface area contributed by atoms with Crippen molar-refractivity contribution in [1.82, 2.24) is 29.7 Å². The molecule has 0 saturated carbocycles. The number of methoxy groups -OCH3 is 2. The van der Waals surface area contributed by atoms with Crippen LogP contribution in [0.2, 0.25) is 0 Å². The van der Waals surface area contributed by atoms with Crippen molar-refractivity contribution in [3.05, 3.63) is 96.2 Å². The summed E-state index contributed by atoms with van der Waals surface area (Å²) in [7, 11) is 3.08. The fraction of sp³-hybridized carbons (Fsp3) is 0.355. The third kappa shape index (κ3) is 7.22. The van der Waals surface area contributed by atoms with Crippen LogP contribution in [0.1, 0.15) is 36.3 Å². The van der Waals surface area contributed by atoms with Gasteiger partial charge >= 0.3 is 0 Å². The van der Waals surface area contributed by atoms with Crippen LogP contribution in [-0.2, 0) is 17.9 Å². The molecule has 2 aromatic heterocycles. The largest absolute Gasteiger partial charge is 0.497 e. The van der Waals surface area contributed by atoms with Crippen molar-refractivity contribution >= 4 is 11.7 Å². The van der Waals surface area contributed by atoms with Crippen LogP contribution >= 0.6 is 0 Å². The Bertz CT molecular complexity index is 1470. The summed E-state index contributed by atoms with van der Waals surface area (Å²) in [5, 5.41) is 3.15. The van der Waals surface area contributed by atoms with E-state index < -0.39 is 0 Å². The number of carbonyl (C=O) groups excluding carboxylic acids is 1. The van der Waals surface area contributed by atoms with Crippen molar-refractivity contribution in [2.45, 2.75) is 38.5 Å². The van der Waals surface area contributed by atoms with Crippen molar-refractivity contribution in [2.75, 3.05) is 38.8 Å². The maximum atomic E-state index is 14.4. The highest BCUT2D eigenvalue weighted by Crippen LogP contribution is 2.24. The maximum absolute atomic E-state index is 14.4. The summed E-state index contributed by atoms with van der Waals surface area (Å²) >= 11 is 0. The number of hydrogen-bond acceptors (Lipinski definition) is 8. The Balaban J connectivity index is 1.32. The summed E-state index contributed by atoms with van der Waals surface area (Å²) in [4.78, 5) is 31.2. The standard InChI is InChI=1S/C31H36FN7O3/c1-22(24-5-7-26(41-2)8-6-24)35-31(40)17-25-19-37(18-23-4-9-28(42-3)27(32)16-23)14-15-39(25)30-10-11-34-29(36-30)20-38-13-12-33-21-38/h4-13,16,21-22,25H,14-15,17-20H2,1-3H3,(H,35,40). The van der Waals surface area contributed by atoms with Gasteiger partial charge < -0.3 is 24.3 Å². The van der Waals surface area contributed by atoms with Crippen molar-refractivity contribution < 1.29 is 18.7 Å². The molecule has 11 heteroatoms. The molecule has 4 aromatic rings. The Hall–Kier alpha value is -4.51. The van der Waals surface area contributed by atoms with Gasteiger partial charge in [-0.15, -0.1) is 0 Å². The lowest BCUT2D eigenvalue weighted by molar-refractivity contribution is -0.122. The highest BCUT2D eigenvalue weighted by Gasteiger charge is 2.30. The van der Waals surface area contributed by atoms with Gasteiger partial charge in [-0.25, -0.2) is 19.3 Å². The van der Waals surface area contributed by atoms with E-state index in [0.29, 0.717) is 32.0 Å². The van der Waals surface area contributed by atoms with Crippen molar-refractivity contribution in [2.24, 2.45) is 0 Å². The fourth-order valence-electron chi connectivity index (χ4n) is 5.26. The van der Waals surface area contributed by atoms with Crippen LogP contribution in [-0.4, -0.2) is 70.2 Å². The second-order valence-corrected chi connectivity index (χ2v) is 10.4. The molecule has 10 nitrogen and oxygen atoms in total. The minimum Gasteiger partial charge on any atom is -0.497 e. The first-order valence-corrected chi connectivity index (χ1v) is 13.9. The minimum atomic E-state index is -0.386. The molecule has 0 aliphatic carbocycles. The molecule has 0 bridgehead atoms. The summed E-state index contributed by atoms with van der Waals surface area (Å²) in [6, 6.07) is 14.3. The Labute approximate surface area is 245 Å². The molecule has 2 atom stereocenters. The highest BCUT2D eigenvalue weighted by molar-refractivity contribution is 5.77. The van der Waals surface area contributed by atoms with Crippen LogP contribution in [0, 0.1) is 5.82 Å². The van der Waals surface area contributed by atoms with Gasteiger partial charge in [0.2, 0.25) is 5.91 Å². The molecule has 0 radical (unpaired) electrons. The molecule has 3 heterocycles. The lowest BCUT2D eigenvalue weighted by Gasteiger charge is -2.42. The number of nitrogens with zero attached hydrogens (tertiary/aromatic N) is 6. The molecule has 1 aliphatic rings. The predicted octanol–water partition coefficient (Wildman–Crippen LogP) is 3.84. The summed E-state index contributed by atoms with van der Waals surface area (Å²) in [5.74, 6) is 1.99. The number of imidazole rings is 1. The number of ether oxygens (including phenoxy) is 2. The minimum absolute atomic E-state index is 0.0571. The number of aromatic nitrogens is 4. The Morgan fingerprint density at radius 1 is 1.07 bits per heavy atom. The quantitative estimate of drug-likeness (QED) is 0.289. The molecular weight excluding hydrogens is 537 g/mol. The number of hydrogen-bond donors (Lipinski definition) is 1. The van der Waals surface area contributed by atoms with Crippen molar-refractivity contribution in [3.8, 4) is 11.5 Å². The summed E-state index contributed by atoms with van der Waals surface area (Å²) in [5.41, 5.74) is 1.84. The van der Waals surface area contributed by atoms with E-state index in [1.54, 1.807) is 31.9 Å². The van der Waals surface area contributed by atoms with Gasteiger partial charge in [-0.1, -0.05) is 18.2 Å². The van der Waals surface area contributed by atoms with Gasteiger partial charge in [0.25, 0.3) is 0 Å². The van der Waals surface area contributed by atoms with Gasteiger partial charge in [0, 0.05) is 51.2 Å². The van der Waals surface area contributed by atoms with Crippen LogP contribution in [0.15, 0.2) is 73.4 Å². The molecule has 1 saturated heterocycles. The van der Waals surface area contributed by atoms with Gasteiger partial charge in [0.15, 0.2) is 11.6 Å². The third-order valence-corrected chi connectivity index (χ3v) is 7.47. The topological polar surface area (TPSA) is 97.6 Å². The predicted molar refractivity (Wildman–Crippen MR) is 157 cm³/mol. The first-order chi connectivity index (χ1) is 20.4. The van der Waals surface area contributed by atoms with E-state index in [1.807, 2.05) is 54.1 Å². The normalized spacial score (nSPS) is 16.2. The van der Waals surface area contributed by atoms with Gasteiger partial charge in [0.05, 0.1) is 39.2 Å². The lowest BCUT2D eigenvalue weighted by Crippen LogP contribution is -2.54. The average Bonchev–Trinajstić information content (AvgIpc) is 3.50. The number of rotatable bonds is 11. The number of anilines is 1. The molecule has 1 fully saturated rings. The van der Waals surface area contributed by atoms with Crippen LogP contribution < -0.4 is 19.7 Å². The second kappa shape index (κ2) is 13.4. The molecule has 1 amide bonds. The summed E-state index contributed by atoms with van der Waals surface area (Å²) < 4.78 is 26.6. The van der Waals surface area contributed by atoms with Crippen LogP contribution in [0.3, 0.4) is 0 Å². The number of benzene rings is 2. The van der Waals surface area contributed by atoms with E-state index in [1.165, 1.54) is 13.2 Å². The zero-order valence-electron chi connectivity index (χ0n) is 24.1. The first kappa shape index (κ1) is 29.0. The SMILES string of the molecule is COc1ccc(C(C)NC(=O)CC2CN(Cc3ccc(OC)c(F)c3)CCN2c2ccnc(Cn3ccnc3)n2)cc1. The van der Waals surface area contributed by atoms with E-state index in [9.17, 15) is 9.18 Å². The molecule has 5 rings (SSSR count). The number of nitrogens with one attached hydrogen (secondary N) is 1. The molecule has 2 unspecified atom stereocenters. The number of halogens is 1. The van der Waals surface area contributed by atoms with Gasteiger partial charge in [-0.2, -0.15) is 0 Å². The summed E-state index contributed by atoms with van der Waals surface area (Å²) in [6.07, 6.45) is 7.35. The third-order valence-electron chi connectivity index (χ3n) is 7.47. The maximum Gasteiger partial charge on any atom is 0.222 e. The van der Waals surface area contributed by atoms with E-state index in [0.717, 1.165) is 29.2 Å². The zero-order chi connectivity index (χ0) is 29.5. The molecule has 220 valence electrons. The van der Waals surface area contributed by atoms with Crippen LogP contribution in [0.5, 0.6) is 11.5 Å².